The molecule has 5 heteroatoms. The quantitative estimate of drug-likeness (QED) is 0.542. The van der Waals surface area contributed by atoms with E-state index in [4.69, 9.17) is 0 Å². The van der Waals surface area contributed by atoms with Crippen molar-refractivity contribution in [3.8, 4) is 11.3 Å². The minimum absolute atomic E-state index is 0.105. The summed E-state index contributed by atoms with van der Waals surface area (Å²) in [5.41, 5.74) is 6.78. The zero-order chi connectivity index (χ0) is 18.3. The summed E-state index contributed by atoms with van der Waals surface area (Å²) in [6.45, 7) is 6.12. The van der Waals surface area contributed by atoms with Crippen LogP contribution < -0.4 is 5.32 Å². The molecule has 0 atom stereocenters. The molecule has 0 aliphatic rings. The van der Waals surface area contributed by atoms with Gasteiger partial charge in [-0.2, -0.15) is 0 Å². The molecule has 4 rings (SSSR count). The summed E-state index contributed by atoms with van der Waals surface area (Å²) < 4.78 is 2.08. The molecule has 2 aromatic carbocycles. The van der Waals surface area contributed by atoms with Gasteiger partial charge in [-0.3, -0.25) is 9.20 Å². The number of rotatable bonds is 3. The largest absolute Gasteiger partial charge is 0.322 e. The number of anilines is 1. The molecule has 0 unspecified atom stereocenters. The molecule has 26 heavy (non-hydrogen) atoms. The van der Waals surface area contributed by atoms with Crippen molar-refractivity contribution < 1.29 is 4.79 Å². The van der Waals surface area contributed by atoms with E-state index in [-0.39, 0.29) is 5.91 Å². The van der Waals surface area contributed by atoms with Gasteiger partial charge in [-0.1, -0.05) is 18.2 Å². The lowest BCUT2D eigenvalue weighted by Gasteiger charge is -2.08. The first-order valence-electron chi connectivity index (χ1n) is 8.43. The minimum Gasteiger partial charge on any atom is -0.322 e. The van der Waals surface area contributed by atoms with Gasteiger partial charge in [-0.15, -0.1) is 11.3 Å². The maximum Gasteiger partial charge on any atom is 0.255 e. The normalized spacial score (nSPS) is 11.0. The van der Waals surface area contributed by atoms with Crippen LogP contribution in [-0.2, 0) is 0 Å². The monoisotopic (exact) mass is 361 g/mol. The molecule has 0 saturated heterocycles. The second-order valence-electron chi connectivity index (χ2n) is 6.49. The van der Waals surface area contributed by atoms with Crippen LogP contribution in [0.4, 0.5) is 5.69 Å². The van der Waals surface area contributed by atoms with Crippen LogP contribution in [0.5, 0.6) is 0 Å². The van der Waals surface area contributed by atoms with E-state index in [1.807, 2.05) is 62.5 Å². The van der Waals surface area contributed by atoms with Gasteiger partial charge in [0.1, 0.15) is 0 Å². The third kappa shape index (κ3) is 3.02. The highest BCUT2D eigenvalue weighted by molar-refractivity contribution is 7.15. The van der Waals surface area contributed by atoms with Crippen molar-refractivity contribution in [3.63, 3.8) is 0 Å². The van der Waals surface area contributed by atoms with Crippen LogP contribution in [-0.4, -0.2) is 15.3 Å². The van der Waals surface area contributed by atoms with E-state index in [1.165, 1.54) is 11.3 Å². The Balaban J connectivity index is 1.60. The maximum atomic E-state index is 12.5. The fraction of sp³-hybridized carbons (Fsp3) is 0.143. The Morgan fingerprint density at radius 3 is 2.69 bits per heavy atom. The number of thiazole rings is 1. The zero-order valence-corrected chi connectivity index (χ0v) is 15.7. The summed E-state index contributed by atoms with van der Waals surface area (Å²) in [7, 11) is 0. The molecule has 1 N–H and O–H groups in total. The number of hydrogen-bond donors (Lipinski definition) is 1. The van der Waals surface area contributed by atoms with Crippen LogP contribution >= 0.6 is 11.3 Å². The standard InChI is InChI=1S/C21H19N3OS/c1-13-7-8-17(9-14(13)2)20(25)22-18-6-4-5-16(10-18)19-11-24-15(3)12-26-21(24)23-19/h4-12H,1-3H3,(H,22,25). The van der Waals surface area contributed by atoms with E-state index >= 15 is 0 Å². The molecule has 0 radical (unpaired) electrons. The molecule has 1 amide bonds. The molecule has 0 saturated carbocycles. The SMILES string of the molecule is Cc1ccc(C(=O)Nc2cccc(-c3cn4c(C)csc4n3)c2)cc1C. The number of amides is 1. The first-order valence-corrected chi connectivity index (χ1v) is 9.31. The predicted octanol–water partition coefficient (Wildman–Crippen LogP) is 5.24. The Morgan fingerprint density at radius 1 is 1.08 bits per heavy atom. The Morgan fingerprint density at radius 2 is 1.92 bits per heavy atom. The van der Waals surface area contributed by atoms with Crippen molar-refractivity contribution in [1.82, 2.24) is 9.38 Å². The zero-order valence-electron chi connectivity index (χ0n) is 14.9. The van der Waals surface area contributed by atoms with Crippen LogP contribution in [0.1, 0.15) is 27.2 Å². The second-order valence-corrected chi connectivity index (χ2v) is 7.33. The first-order chi connectivity index (χ1) is 12.5. The molecular formula is C21H19N3OS. The van der Waals surface area contributed by atoms with Crippen molar-refractivity contribution in [2.45, 2.75) is 20.8 Å². The number of aryl methyl sites for hydroxylation is 3. The first kappa shape index (κ1) is 16.5. The van der Waals surface area contributed by atoms with Gasteiger partial charge in [0.25, 0.3) is 5.91 Å². The van der Waals surface area contributed by atoms with Crippen molar-refractivity contribution in [3.05, 3.63) is 76.4 Å². The van der Waals surface area contributed by atoms with Crippen LogP contribution in [0.25, 0.3) is 16.2 Å². The number of benzene rings is 2. The van der Waals surface area contributed by atoms with Crippen molar-refractivity contribution in [1.29, 1.82) is 0 Å². The molecule has 2 heterocycles. The molecule has 2 aromatic heterocycles. The maximum absolute atomic E-state index is 12.5. The summed E-state index contributed by atoms with van der Waals surface area (Å²) in [5, 5.41) is 5.07. The van der Waals surface area contributed by atoms with Gasteiger partial charge in [0.2, 0.25) is 0 Å². The summed E-state index contributed by atoms with van der Waals surface area (Å²) in [4.78, 5) is 18.2. The number of hydrogen-bond acceptors (Lipinski definition) is 3. The molecule has 130 valence electrons. The van der Waals surface area contributed by atoms with E-state index in [1.54, 1.807) is 11.3 Å². The number of imidazole rings is 1. The fourth-order valence-corrected chi connectivity index (χ4v) is 3.73. The summed E-state index contributed by atoms with van der Waals surface area (Å²) in [5.74, 6) is -0.105. The smallest absolute Gasteiger partial charge is 0.255 e. The highest BCUT2D eigenvalue weighted by Gasteiger charge is 2.10. The molecule has 4 aromatic rings. The van der Waals surface area contributed by atoms with E-state index in [0.717, 1.165) is 27.5 Å². The lowest BCUT2D eigenvalue weighted by molar-refractivity contribution is 0.102. The van der Waals surface area contributed by atoms with Gasteiger partial charge in [0.05, 0.1) is 5.69 Å². The topological polar surface area (TPSA) is 46.4 Å². The molecule has 0 fully saturated rings. The third-order valence-electron chi connectivity index (χ3n) is 4.57. The Hall–Kier alpha value is -2.92. The highest BCUT2D eigenvalue weighted by Crippen LogP contribution is 2.25. The van der Waals surface area contributed by atoms with Gasteiger partial charge >= 0.3 is 0 Å². The van der Waals surface area contributed by atoms with E-state index in [2.05, 4.69) is 27.0 Å². The highest BCUT2D eigenvalue weighted by atomic mass is 32.1. The summed E-state index contributed by atoms with van der Waals surface area (Å²) in [6, 6.07) is 13.5. The Kier molecular flexibility index (Phi) is 4.09. The average Bonchev–Trinajstić information content (AvgIpc) is 3.20. The number of carbonyl (C=O) groups excluding carboxylic acids is 1. The Labute approximate surface area is 156 Å². The number of carbonyl (C=O) groups is 1. The number of fused-ring (bicyclic) bond motifs is 1. The summed E-state index contributed by atoms with van der Waals surface area (Å²) >= 11 is 1.63. The number of nitrogens with one attached hydrogen (secondary N) is 1. The molecular weight excluding hydrogens is 342 g/mol. The molecule has 0 aliphatic carbocycles. The minimum atomic E-state index is -0.105. The van der Waals surface area contributed by atoms with Crippen LogP contribution in [0, 0.1) is 20.8 Å². The van der Waals surface area contributed by atoms with Crippen LogP contribution in [0.2, 0.25) is 0 Å². The van der Waals surface area contributed by atoms with Gasteiger partial charge < -0.3 is 5.32 Å². The molecule has 0 bridgehead atoms. The number of nitrogens with zero attached hydrogens (tertiary/aromatic N) is 2. The Bertz CT molecular complexity index is 1120. The van der Waals surface area contributed by atoms with Gasteiger partial charge in [-0.25, -0.2) is 4.98 Å². The van der Waals surface area contributed by atoms with Crippen LogP contribution in [0.3, 0.4) is 0 Å². The van der Waals surface area contributed by atoms with E-state index in [9.17, 15) is 4.79 Å². The molecule has 4 nitrogen and oxygen atoms in total. The predicted molar refractivity (Wildman–Crippen MR) is 107 cm³/mol. The van der Waals surface area contributed by atoms with Crippen molar-refractivity contribution >= 4 is 27.9 Å². The van der Waals surface area contributed by atoms with Gasteiger partial charge in [-0.05, 0) is 56.2 Å². The lowest BCUT2D eigenvalue weighted by atomic mass is 10.1. The van der Waals surface area contributed by atoms with Crippen molar-refractivity contribution in [2.75, 3.05) is 5.32 Å². The molecule has 0 aliphatic heterocycles. The van der Waals surface area contributed by atoms with Gasteiger partial charge in [0.15, 0.2) is 4.96 Å². The second kappa shape index (κ2) is 6.42. The fourth-order valence-electron chi connectivity index (χ4n) is 2.88. The average molecular weight is 361 g/mol. The van der Waals surface area contributed by atoms with E-state index in [0.29, 0.717) is 5.56 Å². The van der Waals surface area contributed by atoms with Crippen LogP contribution in [0.15, 0.2) is 54.0 Å². The lowest BCUT2D eigenvalue weighted by Crippen LogP contribution is -2.12. The number of aromatic nitrogens is 2. The summed E-state index contributed by atoms with van der Waals surface area (Å²) in [6.07, 6.45) is 2.03. The van der Waals surface area contributed by atoms with E-state index < -0.39 is 0 Å². The van der Waals surface area contributed by atoms with Crippen molar-refractivity contribution in [2.24, 2.45) is 0 Å². The van der Waals surface area contributed by atoms with Gasteiger partial charge in [0, 0.05) is 34.1 Å². The third-order valence-corrected chi connectivity index (χ3v) is 5.53. The molecule has 0 spiro atoms.